The largest absolute Gasteiger partial charge is 0.464 e. The molecule has 142 valence electrons. The maximum absolute atomic E-state index is 12.8. The van der Waals surface area contributed by atoms with Crippen LogP contribution >= 0.6 is 0 Å². The predicted octanol–water partition coefficient (Wildman–Crippen LogP) is 4.49. The fourth-order valence-electron chi connectivity index (χ4n) is 4.02. The van der Waals surface area contributed by atoms with Gasteiger partial charge in [0, 0.05) is 23.3 Å². The first kappa shape index (κ1) is 17.0. The number of benzene rings is 1. The van der Waals surface area contributed by atoms with Gasteiger partial charge in [-0.2, -0.15) is 4.98 Å². The molecule has 1 unspecified atom stereocenters. The molecule has 3 aromatic rings. The maximum Gasteiger partial charge on any atom is 0.227 e. The summed E-state index contributed by atoms with van der Waals surface area (Å²) in [6, 6.07) is 9.69. The molecule has 6 heteroatoms. The van der Waals surface area contributed by atoms with Gasteiger partial charge in [0.05, 0.1) is 0 Å². The SMILES string of the molecule is Cc1ccc(C2C3=C(CCCC3=O)Nc3nc(-c4ccc(C)c(C)c4)nn32)o1. The Bertz CT molecular complexity index is 1140. The van der Waals surface area contributed by atoms with E-state index in [1.165, 1.54) is 11.1 Å². The van der Waals surface area contributed by atoms with E-state index >= 15 is 0 Å². The van der Waals surface area contributed by atoms with Crippen molar-refractivity contribution in [2.75, 3.05) is 5.32 Å². The monoisotopic (exact) mass is 374 g/mol. The molecule has 3 heterocycles. The highest BCUT2D eigenvalue weighted by molar-refractivity contribution is 5.99. The summed E-state index contributed by atoms with van der Waals surface area (Å²) in [6.07, 6.45) is 2.25. The zero-order chi connectivity index (χ0) is 19.4. The number of carbonyl (C=O) groups excluding carboxylic acids is 1. The first-order chi connectivity index (χ1) is 13.5. The minimum absolute atomic E-state index is 0.154. The molecular formula is C22H22N4O2. The van der Waals surface area contributed by atoms with Crippen LogP contribution in [0.1, 0.15) is 48.0 Å². The molecule has 0 saturated carbocycles. The van der Waals surface area contributed by atoms with E-state index < -0.39 is 0 Å². The van der Waals surface area contributed by atoms with E-state index in [0.29, 0.717) is 18.2 Å². The zero-order valence-corrected chi connectivity index (χ0v) is 16.2. The third-order valence-electron chi connectivity index (χ3n) is 5.66. The van der Waals surface area contributed by atoms with Gasteiger partial charge in [-0.25, -0.2) is 4.68 Å². The van der Waals surface area contributed by atoms with E-state index in [1.807, 2.05) is 25.1 Å². The van der Waals surface area contributed by atoms with Crippen molar-refractivity contribution in [2.24, 2.45) is 0 Å². The highest BCUT2D eigenvalue weighted by atomic mass is 16.3. The van der Waals surface area contributed by atoms with E-state index in [0.717, 1.165) is 41.2 Å². The van der Waals surface area contributed by atoms with Crippen LogP contribution in [0.15, 0.2) is 46.0 Å². The lowest BCUT2D eigenvalue weighted by molar-refractivity contribution is -0.116. The average molecular weight is 374 g/mol. The second-order valence-electron chi connectivity index (χ2n) is 7.65. The molecule has 0 fully saturated rings. The zero-order valence-electron chi connectivity index (χ0n) is 16.2. The second kappa shape index (κ2) is 6.19. The van der Waals surface area contributed by atoms with E-state index in [2.05, 4.69) is 31.3 Å². The smallest absolute Gasteiger partial charge is 0.227 e. The maximum atomic E-state index is 12.8. The van der Waals surface area contributed by atoms with Gasteiger partial charge in [0.25, 0.3) is 0 Å². The molecule has 0 spiro atoms. The fraction of sp³-hybridized carbons (Fsp3) is 0.318. The molecule has 6 nitrogen and oxygen atoms in total. The standard InChI is InChI=1S/C22H22N4O2/c1-12-7-9-15(11-13(12)2)21-24-22-23-16-5-4-6-17(27)19(16)20(26(22)25-21)18-10-8-14(3)28-18/h7-11,20H,4-6H2,1-3H3,(H,23,24,25). The minimum Gasteiger partial charge on any atom is -0.464 e. The molecule has 2 aliphatic rings. The van der Waals surface area contributed by atoms with Gasteiger partial charge in [-0.15, -0.1) is 5.10 Å². The third-order valence-corrected chi connectivity index (χ3v) is 5.66. The van der Waals surface area contributed by atoms with Crippen LogP contribution in [-0.4, -0.2) is 20.5 Å². The molecule has 0 bridgehead atoms. The Hall–Kier alpha value is -3.15. The summed E-state index contributed by atoms with van der Waals surface area (Å²) in [5.74, 6) is 2.99. The number of fused-ring (bicyclic) bond motifs is 1. The van der Waals surface area contributed by atoms with Gasteiger partial charge in [0.15, 0.2) is 11.6 Å². The highest BCUT2D eigenvalue weighted by Gasteiger charge is 2.38. The van der Waals surface area contributed by atoms with Crippen molar-refractivity contribution in [3.05, 3.63) is 64.2 Å². The number of nitrogens with zero attached hydrogens (tertiary/aromatic N) is 3. The number of Topliss-reactive ketones (excluding diaryl/α,β-unsaturated/α-hetero) is 1. The summed E-state index contributed by atoms with van der Waals surface area (Å²) in [7, 11) is 0. The number of hydrogen-bond donors (Lipinski definition) is 1. The summed E-state index contributed by atoms with van der Waals surface area (Å²) in [5, 5.41) is 8.14. The van der Waals surface area contributed by atoms with E-state index in [-0.39, 0.29) is 11.8 Å². The van der Waals surface area contributed by atoms with Crippen molar-refractivity contribution in [3.8, 4) is 11.4 Å². The molecule has 28 heavy (non-hydrogen) atoms. The van der Waals surface area contributed by atoms with Gasteiger partial charge in [-0.05, 0) is 62.9 Å². The molecule has 0 radical (unpaired) electrons. The van der Waals surface area contributed by atoms with Gasteiger partial charge >= 0.3 is 0 Å². The Morgan fingerprint density at radius 3 is 2.71 bits per heavy atom. The van der Waals surface area contributed by atoms with Crippen LogP contribution in [0.3, 0.4) is 0 Å². The van der Waals surface area contributed by atoms with E-state index in [4.69, 9.17) is 14.5 Å². The number of furan rings is 1. The predicted molar refractivity (Wildman–Crippen MR) is 106 cm³/mol. The Morgan fingerprint density at radius 2 is 1.96 bits per heavy atom. The summed E-state index contributed by atoms with van der Waals surface area (Å²) in [6.45, 7) is 6.08. The lowest BCUT2D eigenvalue weighted by atomic mass is 9.88. The molecule has 1 N–H and O–H groups in total. The number of ketones is 1. The Balaban J connectivity index is 1.67. The van der Waals surface area contributed by atoms with Gasteiger partial charge in [0.2, 0.25) is 5.95 Å². The van der Waals surface area contributed by atoms with Crippen LogP contribution in [0.25, 0.3) is 11.4 Å². The number of nitrogens with one attached hydrogen (secondary N) is 1. The summed E-state index contributed by atoms with van der Waals surface area (Å²) in [5.41, 5.74) is 5.10. The number of allylic oxidation sites excluding steroid dienone is 2. The van der Waals surface area contributed by atoms with Crippen molar-refractivity contribution < 1.29 is 9.21 Å². The first-order valence-corrected chi connectivity index (χ1v) is 9.65. The molecule has 1 atom stereocenters. The minimum atomic E-state index is -0.374. The topological polar surface area (TPSA) is 73.0 Å². The number of carbonyl (C=O) groups is 1. The van der Waals surface area contributed by atoms with Crippen LogP contribution in [0.5, 0.6) is 0 Å². The van der Waals surface area contributed by atoms with E-state index in [9.17, 15) is 4.79 Å². The number of anilines is 1. The Labute approximate surface area is 163 Å². The molecule has 1 aromatic carbocycles. The molecule has 0 saturated heterocycles. The first-order valence-electron chi connectivity index (χ1n) is 9.65. The molecule has 1 aliphatic carbocycles. The molecule has 1 aliphatic heterocycles. The lowest BCUT2D eigenvalue weighted by Gasteiger charge is -2.30. The van der Waals surface area contributed by atoms with Gasteiger partial charge in [-0.1, -0.05) is 12.1 Å². The van der Waals surface area contributed by atoms with Crippen molar-refractivity contribution in [1.82, 2.24) is 14.8 Å². The Morgan fingerprint density at radius 1 is 1.11 bits per heavy atom. The summed E-state index contributed by atoms with van der Waals surface area (Å²) >= 11 is 0. The van der Waals surface area contributed by atoms with Gasteiger partial charge < -0.3 is 9.73 Å². The number of aromatic nitrogens is 3. The van der Waals surface area contributed by atoms with Gasteiger partial charge in [0.1, 0.15) is 17.6 Å². The number of aryl methyl sites for hydroxylation is 3. The summed E-state index contributed by atoms with van der Waals surface area (Å²) < 4.78 is 7.72. The van der Waals surface area contributed by atoms with Crippen molar-refractivity contribution in [3.63, 3.8) is 0 Å². The average Bonchev–Trinajstić information content (AvgIpc) is 3.28. The quantitative estimate of drug-likeness (QED) is 0.716. The van der Waals surface area contributed by atoms with Crippen LogP contribution in [0, 0.1) is 20.8 Å². The molecular weight excluding hydrogens is 352 g/mol. The van der Waals surface area contributed by atoms with Crippen molar-refractivity contribution >= 4 is 11.7 Å². The van der Waals surface area contributed by atoms with Crippen LogP contribution in [0.4, 0.5) is 5.95 Å². The van der Waals surface area contributed by atoms with Gasteiger partial charge in [-0.3, -0.25) is 4.79 Å². The van der Waals surface area contributed by atoms with Crippen molar-refractivity contribution in [2.45, 2.75) is 46.1 Å². The molecule has 5 rings (SSSR count). The van der Waals surface area contributed by atoms with Crippen molar-refractivity contribution in [1.29, 1.82) is 0 Å². The lowest BCUT2D eigenvalue weighted by Crippen LogP contribution is -2.31. The number of hydrogen-bond acceptors (Lipinski definition) is 5. The Kier molecular flexibility index (Phi) is 3.75. The van der Waals surface area contributed by atoms with Crippen LogP contribution in [-0.2, 0) is 4.79 Å². The van der Waals surface area contributed by atoms with E-state index in [1.54, 1.807) is 4.68 Å². The normalized spacial score (nSPS) is 18.7. The van der Waals surface area contributed by atoms with Crippen LogP contribution < -0.4 is 5.32 Å². The highest BCUT2D eigenvalue weighted by Crippen LogP contribution is 2.41. The fourth-order valence-corrected chi connectivity index (χ4v) is 4.02. The van der Waals surface area contributed by atoms with Crippen LogP contribution in [0.2, 0.25) is 0 Å². The number of rotatable bonds is 2. The molecule has 2 aromatic heterocycles. The molecule has 0 amide bonds. The summed E-state index contributed by atoms with van der Waals surface area (Å²) in [4.78, 5) is 17.5. The second-order valence-corrected chi connectivity index (χ2v) is 7.65. The third kappa shape index (κ3) is 2.59.